The molecule has 1 N–H and O–H groups in total. The second-order valence-electron chi connectivity index (χ2n) is 7.26. The Morgan fingerprint density at radius 1 is 1.00 bits per heavy atom. The van der Waals surface area contributed by atoms with E-state index in [1.165, 1.54) is 7.11 Å². The molecule has 3 aromatic rings. The summed E-state index contributed by atoms with van der Waals surface area (Å²) < 4.78 is 20.7. The summed E-state index contributed by atoms with van der Waals surface area (Å²) in [6.07, 6.45) is 8.58. The van der Waals surface area contributed by atoms with Crippen LogP contribution in [-0.4, -0.2) is 40.2 Å². The largest absolute Gasteiger partial charge is 0.494 e. The van der Waals surface area contributed by atoms with Gasteiger partial charge in [-0.1, -0.05) is 24.3 Å². The lowest BCUT2D eigenvalue weighted by molar-refractivity contribution is -0.0169. The van der Waals surface area contributed by atoms with Crippen LogP contribution in [0.25, 0.3) is 0 Å². The third kappa shape index (κ3) is 3.50. The highest BCUT2D eigenvalue weighted by atomic mass is 19.1. The van der Waals surface area contributed by atoms with Gasteiger partial charge in [0.2, 0.25) is 0 Å². The first-order valence-electron chi connectivity index (χ1n) is 9.76. The molecular formula is C23H24FN3O2. The molecule has 1 atom stereocenters. The van der Waals surface area contributed by atoms with Gasteiger partial charge in [0.25, 0.3) is 0 Å². The molecule has 1 saturated heterocycles. The molecule has 0 saturated carbocycles. The van der Waals surface area contributed by atoms with Crippen molar-refractivity contribution in [2.75, 3.05) is 20.2 Å². The van der Waals surface area contributed by atoms with Crippen LogP contribution in [0.2, 0.25) is 0 Å². The van der Waals surface area contributed by atoms with Gasteiger partial charge in [-0.3, -0.25) is 14.9 Å². The molecule has 1 fully saturated rings. The van der Waals surface area contributed by atoms with Gasteiger partial charge in [-0.15, -0.1) is 0 Å². The molecule has 1 unspecified atom stereocenters. The normalized spacial score (nSPS) is 16.0. The number of ether oxygens (including phenoxy) is 1. The Labute approximate surface area is 169 Å². The second kappa shape index (κ2) is 8.27. The molecule has 1 aromatic carbocycles. The van der Waals surface area contributed by atoms with Crippen LogP contribution in [0.5, 0.6) is 5.75 Å². The quantitative estimate of drug-likeness (QED) is 0.692. The third-order valence-electron chi connectivity index (χ3n) is 5.61. The number of aliphatic hydroxyl groups is 1. The van der Waals surface area contributed by atoms with E-state index in [4.69, 9.17) is 4.74 Å². The van der Waals surface area contributed by atoms with E-state index in [1.807, 2.05) is 12.1 Å². The van der Waals surface area contributed by atoms with Crippen molar-refractivity contribution in [3.05, 3.63) is 89.8 Å². The number of pyridine rings is 2. The molecule has 0 amide bonds. The average molecular weight is 393 g/mol. The molecule has 0 spiro atoms. The Morgan fingerprint density at radius 3 is 2.14 bits per heavy atom. The molecule has 6 heteroatoms. The highest BCUT2D eigenvalue weighted by molar-refractivity contribution is 5.42. The van der Waals surface area contributed by atoms with Gasteiger partial charge in [0, 0.05) is 41.5 Å². The predicted molar refractivity (Wildman–Crippen MR) is 108 cm³/mol. The summed E-state index contributed by atoms with van der Waals surface area (Å²) >= 11 is 0. The zero-order valence-electron chi connectivity index (χ0n) is 16.3. The molecule has 0 radical (unpaired) electrons. The SMILES string of the molecule is COc1cccc(C(N2CCCC2)C(O)(c2cccnc2)c2cccnc2)c1F. The smallest absolute Gasteiger partial charge is 0.169 e. The van der Waals surface area contributed by atoms with Crippen molar-refractivity contribution in [3.63, 3.8) is 0 Å². The fraction of sp³-hybridized carbons (Fsp3) is 0.304. The number of halogens is 1. The van der Waals surface area contributed by atoms with Crippen LogP contribution < -0.4 is 4.74 Å². The van der Waals surface area contributed by atoms with Crippen molar-refractivity contribution in [1.82, 2.24) is 14.9 Å². The topological polar surface area (TPSA) is 58.5 Å². The number of aromatic nitrogens is 2. The minimum atomic E-state index is -1.54. The molecule has 3 heterocycles. The van der Waals surface area contributed by atoms with Crippen LogP contribution >= 0.6 is 0 Å². The Balaban J connectivity index is 1.98. The molecule has 5 nitrogen and oxygen atoms in total. The van der Waals surface area contributed by atoms with Gasteiger partial charge < -0.3 is 9.84 Å². The van der Waals surface area contributed by atoms with E-state index in [0.29, 0.717) is 16.7 Å². The second-order valence-corrected chi connectivity index (χ2v) is 7.26. The first-order chi connectivity index (χ1) is 14.2. The Kier molecular flexibility index (Phi) is 5.56. The van der Waals surface area contributed by atoms with E-state index >= 15 is 4.39 Å². The van der Waals surface area contributed by atoms with E-state index in [-0.39, 0.29) is 5.75 Å². The Morgan fingerprint density at radius 2 is 1.62 bits per heavy atom. The minimum absolute atomic E-state index is 0.159. The van der Waals surface area contributed by atoms with E-state index in [2.05, 4.69) is 14.9 Å². The highest BCUT2D eigenvalue weighted by Crippen LogP contribution is 2.46. The maximum Gasteiger partial charge on any atom is 0.169 e. The van der Waals surface area contributed by atoms with Crippen molar-refractivity contribution in [3.8, 4) is 5.75 Å². The lowest BCUT2D eigenvalue weighted by Crippen LogP contribution is -2.44. The number of hydrogen-bond acceptors (Lipinski definition) is 5. The van der Waals surface area contributed by atoms with Crippen LogP contribution in [0.1, 0.15) is 35.6 Å². The van der Waals surface area contributed by atoms with Crippen LogP contribution in [0.4, 0.5) is 4.39 Å². The number of nitrogens with zero attached hydrogens (tertiary/aromatic N) is 3. The van der Waals surface area contributed by atoms with Crippen LogP contribution in [0, 0.1) is 5.82 Å². The van der Waals surface area contributed by atoms with Gasteiger partial charge in [-0.2, -0.15) is 0 Å². The summed E-state index contributed by atoms with van der Waals surface area (Å²) in [4.78, 5) is 10.6. The zero-order chi connectivity index (χ0) is 20.3. The number of likely N-dealkylation sites (tertiary alicyclic amines) is 1. The van der Waals surface area contributed by atoms with Crippen molar-refractivity contribution in [2.24, 2.45) is 0 Å². The van der Waals surface area contributed by atoms with E-state index in [0.717, 1.165) is 25.9 Å². The summed E-state index contributed by atoms with van der Waals surface area (Å²) in [5.74, 6) is -0.301. The number of benzene rings is 1. The monoisotopic (exact) mass is 393 g/mol. The lowest BCUT2D eigenvalue weighted by atomic mass is 9.77. The first kappa shape index (κ1) is 19.5. The van der Waals surface area contributed by atoms with Gasteiger partial charge in [-0.25, -0.2) is 4.39 Å². The van der Waals surface area contributed by atoms with Gasteiger partial charge >= 0.3 is 0 Å². The molecule has 0 aliphatic carbocycles. The maximum atomic E-state index is 15.4. The Hall–Kier alpha value is -2.83. The maximum absolute atomic E-state index is 15.4. The Bertz CT molecular complexity index is 907. The van der Waals surface area contributed by atoms with E-state index in [1.54, 1.807) is 55.1 Å². The zero-order valence-corrected chi connectivity index (χ0v) is 16.3. The third-order valence-corrected chi connectivity index (χ3v) is 5.61. The summed E-state index contributed by atoms with van der Waals surface area (Å²) in [5, 5.41) is 12.3. The molecular weight excluding hydrogens is 369 g/mol. The van der Waals surface area contributed by atoms with Crippen LogP contribution in [0.3, 0.4) is 0 Å². The average Bonchev–Trinajstić information content (AvgIpc) is 3.30. The standard InChI is InChI=1S/C23H24FN3O2/c1-29-20-10-4-9-19(21(20)24)22(27-13-2-3-14-27)23(28,17-7-5-11-25-15-17)18-8-6-12-26-16-18/h4-12,15-16,22,28H,2-3,13-14H2,1H3. The van der Waals surface area contributed by atoms with Crippen LogP contribution in [0.15, 0.2) is 67.3 Å². The van der Waals surface area contributed by atoms with E-state index < -0.39 is 17.5 Å². The van der Waals surface area contributed by atoms with Crippen molar-refractivity contribution < 1.29 is 14.2 Å². The molecule has 0 bridgehead atoms. The first-order valence-corrected chi connectivity index (χ1v) is 9.76. The fourth-order valence-corrected chi connectivity index (χ4v) is 4.24. The van der Waals surface area contributed by atoms with E-state index in [9.17, 15) is 5.11 Å². The molecule has 2 aromatic heterocycles. The number of rotatable bonds is 6. The predicted octanol–water partition coefficient (Wildman–Crippen LogP) is 3.70. The summed E-state index contributed by atoms with van der Waals surface area (Å²) in [7, 11) is 1.45. The molecule has 29 heavy (non-hydrogen) atoms. The number of hydrogen-bond donors (Lipinski definition) is 1. The van der Waals surface area contributed by atoms with Crippen molar-refractivity contribution >= 4 is 0 Å². The van der Waals surface area contributed by atoms with Gasteiger partial charge in [0.15, 0.2) is 11.6 Å². The summed E-state index contributed by atoms with van der Waals surface area (Å²) in [6.45, 7) is 1.54. The van der Waals surface area contributed by atoms with Gasteiger partial charge in [-0.05, 0) is 44.1 Å². The lowest BCUT2D eigenvalue weighted by Gasteiger charge is -2.42. The highest BCUT2D eigenvalue weighted by Gasteiger charge is 2.46. The van der Waals surface area contributed by atoms with Crippen molar-refractivity contribution in [2.45, 2.75) is 24.5 Å². The van der Waals surface area contributed by atoms with Crippen molar-refractivity contribution in [1.29, 1.82) is 0 Å². The summed E-state index contributed by atoms with van der Waals surface area (Å²) in [6, 6.07) is 11.6. The number of methoxy groups -OCH3 is 1. The van der Waals surface area contributed by atoms with Gasteiger partial charge in [0.1, 0.15) is 5.60 Å². The summed E-state index contributed by atoms with van der Waals surface area (Å²) in [5.41, 5.74) is 0.0285. The van der Waals surface area contributed by atoms with Gasteiger partial charge in [0.05, 0.1) is 13.2 Å². The molecule has 1 aliphatic rings. The fourth-order valence-electron chi connectivity index (χ4n) is 4.24. The van der Waals surface area contributed by atoms with Crippen LogP contribution in [-0.2, 0) is 5.60 Å². The molecule has 150 valence electrons. The minimum Gasteiger partial charge on any atom is -0.494 e. The molecule has 1 aliphatic heterocycles. The molecule has 4 rings (SSSR count).